The minimum atomic E-state index is -4.06. The van der Waals surface area contributed by atoms with Gasteiger partial charge >= 0.3 is 6.18 Å². The minimum Gasteiger partial charge on any atom is -0.382 e. The van der Waals surface area contributed by atoms with Crippen molar-refractivity contribution in [2.75, 3.05) is 5.32 Å². The molecule has 1 heterocycles. The second kappa shape index (κ2) is 5.28. The van der Waals surface area contributed by atoms with Crippen LogP contribution in [0.15, 0.2) is 29.6 Å². The van der Waals surface area contributed by atoms with Gasteiger partial charge in [-0.3, -0.25) is 0 Å². The number of alkyl halides is 3. The maximum absolute atomic E-state index is 12.8. The number of hydrogen-bond acceptors (Lipinski definition) is 2. The summed E-state index contributed by atoms with van der Waals surface area (Å²) in [6.07, 6.45) is -2.15. The molecule has 1 fully saturated rings. The molecule has 2 atom stereocenters. The third kappa shape index (κ3) is 2.92. The van der Waals surface area contributed by atoms with Crippen LogP contribution in [0, 0.1) is 5.92 Å². The van der Waals surface area contributed by atoms with E-state index in [-0.39, 0.29) is 18.9 Å². The highest BCUT2D eigenvalue weighted by Crippen LogP contribution is 2.38. The number of anilines is 1. The second-order valence-corrected chi connectivity index (χ2v) is 6.37. The van der Waals surface area contributed by atoms with Crippen LogP contribution in [0.1, 0.15) is 25.7 Å². The van der Waals surface area contributed by atoms with Gasteiger partial charge in [-0.25, -0.2) is 0 Å². The van der Waals surface area contributed by atoms with E-state index in [0.29, 0.717) is 6.42 Å². The van der Waals surface area contributed by atoms with Gasteiger partial charge in [-0.15, -0.1) is 11.3 Å². The number of nitrogens with one attached hydrogen (secondary N) is 1. The molecule has 20 heavy (non-hydrogen) atoms. The number of thiophene rings is 1. The van der Waals surface area contributed by atoms with E-state index in [4.69, 9.17) is 0 Å². The van der Waals surface area contributed by atoms with Gasteiger partial charge in [0, 0.05) is 16.4 Å². The highest BCUT2D eigenvalue weighted by molar-refractivity contribution is 7.17. The Kier molecular flexibility index (Phi) is 3.63. The molecule has 5 heteroatoms. The predicted molar refractivity (Wildman–Crippen MR) is 77.2 cm³/mol. The molecule has 108 valence electrons. The monoisotopic (exact) mass is 299 g/mol. The Morgan fingerprint density at radius 2 is 2.00 bits per heavy atom. The Labute approximate surface area is 119 Å². The Morgan fingerprint density at radius 1 is 1.15 bits per heavy atom. The quantitative estimate of drug-likeness (QED) is 0.779. The van der Waals surface area contributed by atoms with Crippen LogP contribution in [-0.4, -0.2) is 12.2 Å². The third-order valence-corrected chi connectivity index (χ3v) is 4.86. The van der Waals surface area contributed by atoms with E-state index in [1.54, 1.807) is 11.3 Å². The van der Waals surface area contributed by atoms with Crippen molar-refractivity contribution < 1.29 is 13.2 Å². The Balaban J connectivity index is 1.70. The van der Waals surface area contributed by atoms with Gasteiger partial charge in [-0.2, -0.15) is 13.2 Å². The highest BCUT2D eigenvalue weighted by atomic mass is 32.1. The first-order valence-corrected chi connectivity index (χ1v) is 7.71. The lowest BCUT2D eigenvalue weighted by molar-refractivity contribution is -0.182. The van der Waals surface area contributed by atoms with Gasteiger partial charge in [0.1, 0.15) is 0 Å². The molecule has 1 N–H and O–H groups in total. The standard InChI is InChI=1S/C15H16F3NS/c16-15(17,18)11-2-1-3-12(9-11)19-13-4-5-14-10(8-13)6-7-20-14/h4-8,11-12,19H,1-3,9H2. The number of rotatable bonds is 2. The largest absolute Gasteiger partial charge is 0.391 e. The molecule has 1 aromatic heterocycles. The van der Waals surface area contributed by atoms with Crippen molar-refractivity contribution in [3.05, 3.63) is 29.6 Å². The third-order valence-electron chi connectivity index (χ3n) is 3.96. The summed E-state index contributed by atoms with van der Waals surface area (Å²) in [4.78, 5) is 0. The molecule has 0 aliphatic heterocycles. The normalized spacial score (nSPS) is 23.9. The molecule has 1 saturated carbocycles. The molecule has 1 aromatic carbocycles. The summed E-state index contributed by atoms with van der Waals surface area (Å²) in [6.45, 7) is 0. The minimum absolute atomic E-state index is 0.0774. The van der Waals surface area contributed by atoms with Gasteiger partial charge in [0.2, 0.25) is 0 Å². The maximum atomic E-state index is 12.8. The van der Waals surface area contributed by atoms with Gasteiger partial charge in [-0.05, 0) is 54.3 Å². The summed E-state index contributed by atoms with van der Waals surface area (Å²) in [7, 11) is 0. The fourth-order valence-corrected chi connectivity index (χ4v) is 3.68. The zero-order valence-electron chi connectivity index (χ0n) is 10.9. The van der Waals surface area contributed by atoms with Crippen molar-refractivity contribution in [1.82, 2.24) is 0 Å². The summed E-state index contributed by atoms with van der Waals surface area (Å²) in [5, 5.41) is 6.43. The lowest BCUT2D eigenvalue weighted by atomic mass is 9.85. The zero-order chi connectivity index (χ0) is 14.2. The van der Waals surface area contributed by atoms with Crippen LogP contribution in [0.3, 0.4) is 0 Å². The van der Waals surface area contributed by atoms with E-state index in [2.05, 4.69) is 5.32 Å². The molecular weight excluding hydrogens is 283 g/mol. The van der Waals surface area contributed by atoms with E-state index in [0.717, 1.165) is 17.5 Å². The summed E-state index contributed by atoms with van der Waals surface area (Å²) in [6, 6.07) is 7.95. The fourth-order valence-electron chi connectivity index (χ4n) is 2.91. The molecular formula is C15H16F3NS. The molecule has 0 saturated heterocycles. The average molecular weight is 299 g/mol. The predicted octanol–water partition coefficient (Wildman–Crippen LogP) is 5.43. The van der Waals surface area contributed by atoms with E-state index in [1.807, 2.05) is 29.6 Å². The van der Waals surface area contributed by atoms with E-state index in [9.17, 15) is 13.2 Å². The molecule has 3 rings (SSSR count). The molecule has 1 aliphatic carbocycles. The Morgan fingerprint density at radius 3 is 2.80 bits per heavy atom. The zero-order valence-corrected chi connectivity index (χ0v) is 11.7. The van der Waals surface area contributed by atoms with Crippen molar-refractivity contribution in [1.29, 1.82) is 0 Å². The summed E-state index contributed by atoms with van der Waals surface area (Å²) in [5.41, 5.74) is 0.920. The molecule has 0 amide bonds. The lowest BCUT2D eigenvalue weighted by Gasteiger charge is -2.31. The van der Waals surface area contributed by atoms with Crippen molar-refractivity contribution in [2.24, 2.45) is 5.92 Å². The van der Waals surface area contributed by atoms with Gasteiger partial charge in [0.25, 0.3) is 0 Å². The number of halogens is 3. The van der Waals surface area contributed by atoms with Crippen molar-refractivity contribution in [3.63, 3.8) is 0 Å². The maximum Gasteiger partial charge on any atom is 0.391 e. The highest BCUT2D eigenvalue weighted by Gasteiger charge is 2.42. The van der Waals surface area contributed by atoms with Crippen LogP contribution >= 0.6 is 11.3 Å². The van der Waals surface area contributed by atoms with Gasteiger partial charge in [0.05, 0.1) is 5.92 Å². The molecule has 0 radical (unpaired) electrons. The van der Waals surface area contributed by atoms with Crippen LogP contribution in [0.4, 0.5) is 18.9 Å². The number of benzene rings is 1. The number of hydrogen-bond donors (Lipinski definition) is 1. The topological polar surface area (TPSA) is 12.0 Å². The van der Waals surface area contributed by atoms with Gasteiger partial charge in [-0.1, -0.05) is 6.42 Å². The van der Waals surface area contributed by atoms with Crippen molar-refractivity contribution >= 4 is 27.1 Å². The first kappa shape index (κ1) is 13.7. The Hall–Kier alpha value is -1.23. The first-order valence-electron chi connectivity index (χ1n) is 6.83. The van der Waals surface area contributed by atoms with Crippen LogP contribution in [0.25, 0.3) is 10.1 Å². The summed E-state index contributed by atoms with van der Waals surface area (Å²) in [5.74, 6) is -1.15. The molecule has 2 unspecified atom stereocenters. The molecule has 1 aliphatic rings. The first-order chi connectivity index (χ1) is 9.52. The van der Waals surface area contributed by atoms with E-state index < -0.39 is 12.1 Å². The van der Waals surface area contributed by atoms with E-state index >= 15 is 0 Å². The average Bonchev–Trinajstić information content (AvgIpc) is 2.85. The molecule has 0 spiro atoms. The SMILES string of the molecule is FC(F)(F)C1CCCC(Nc2ccc3sccc3c2)C1. The summed E-state index contributed by atoms with van der Waals surface area (Å²) < 4.78 is 39.6. The van der Waals surface area contributed by atoms with Crippen LogP contribution in [0.5, 0.6) is 0 Å². The van der Waals surface area contributed by atoms with Gasteiger partial charge in [0.15, 0.2) is 0 Å². The molecule has 0 bridgehead atoms. The molecule has 1 nitrogen and oxygen atoms in total. The smallest absolute Gasteiger partial charge is 0.382 e. The number of fused-ring (bicyclic) bond motifs is 1. The van der Waals surface area contributed by atoms with Crippen LogP contribution < -0.4 is 5.32 Å². The van der Waals surface area contributed by atoms with E-state index in [1.165, 1.54) is 4.70 Å². The molecule has 2 aromatic rings. The summed E-state index contributed by atoms with van der Waals surface area (Å²) >= 11 is 1.67. The van der Waals surface area contributed by atoms with Crippen molar-refractivity contribution in [3.8, 4) is 0 Å². The Bertz CT molecular complexity index is 590. The van der Waals surface area contributed by atoms with Gasteiger partial charge < -0.3 is 5.32 Å². The van der Waals surface area contributed by atoms with Crippen molar-refractivity contribution in [2.45, 2.75) is 37.9 Å². The lowest BCUT2D eigenvalue weighted by Crippen LogP contribution is -2.34. The van der Waals surface area contributed by atoms with Crippen LogP contribution in [-0.2, 0) is 0 Å². The second-order valence-electron chi connectivity index (χ2n) is 5.42. The fraction of sp³-hybridized carbons (Fsp3) is 0.467. The van der Waals surface area contributed by atoms with Crippen LogP contribution in [0.2, 0.25) is 0 Å².